The van der Waals surface area contributed by atoms with Crippen molar-refractivity contribution in [3.63, 3.8) is 0 Å². The van der Waals surface area contributed by atoms with Crippen LogP contribution in [0.4, 0.5) is 0 Å². The predicted octanol–water partition coefficient (Wildman–Crippen LogP) is -0.459. The third kappa shape index (κ3) is 4.34. The molecule has 2 heterocycles. The van der Waals surface area contributed by atoms with Gasteiger partial charge in [0.15, 0.2) is 0 Å². The number of carbonyl (C=O) groups is 2. The summed E-state index contributed by atoms with van der Waals surface area (Å²) >= 11 is 1.89. The molecule has 1 aliphatic carbocycles. The quantitative estimate of drug-likeness (QED) is 0.761. The third-order valence-corrected chi connectivity index (χ3v) is 5.00. The number of rotatable bonds is 4. The van der Waals surface area contributed by atoms with E-state index in [1.54, 1.807) is 0 Å². The second-order valence-corrected chi connectivity index (χ2v) is 7.10. The number of carbonyl (C=O) groups excluding carboxylic acids is 2. The van der Waals surface area contributed by atoms with Crippen LogP contribution in [-0.2, 0) is 14.3 Å². The van der Waals surface area contributed by atoms with E-state index >= 15 is 0 Å². The molecule has 0 spiro atoms. The van der Waals surface area contributed by atoms with Crippen LogP contribution in [0.15, 0.2) is 0 Å². The van der Waals surface area contributed by atoms with E-state index in [4.69, 9.17) is 4.74 Å². The van der Waals surface area contributed by atoms with Crippen molar-refractivity contribution in [2.75, 3.05) is 50.8 Å². The molecule has 1 saturated carbocycles. The van der Waals surface area contributed by atoms with E-state index < -0.39 is 6.10 Å². The van der Waals surface area contributed by atoms with E-state index in [2.05, 4.69) is 5.32 Å². The summed E-state index contributed by atoms with van der Waals surface area (Å²) in [6.07, 6.45) is 1.79. The zero-order valence-electron chi connectivity index (χ0n) is 12.3. The lowest BCUT2D eigenvalue weighted by Crippen LogP contribution is -2.54. The summed E-state index contributed by atoms with van der Waals surface area (Å²) in [5.74, 6) is 2.17. The van der Waals surface area contributed by atoms with Crippen molar-refractivity contribution < 1.29 is 14.3 Å². The molecule has 118 valence electrons. The largest absolute Gasteiger partial charge is 0.366 e. The van der Waals surface area contributed by atoms with Crippen LogP contribution in [0.2, 0.25) is 0 Å². The van der Waals surface area contributed by atoms with Crippen LogP contribution in [-0.4, -0.2) is 84.6 Å². The maximum Gasteiger partial charge on any atom is 0.253 e. The number of ether oxygens (including phenoxy) is 1. The average molecular weight is 313 g/mol. The summed E-state index contributed by atoms with van der Waals surface area (Å²) in [7, 11) is 0. The van der Waals surface area contributed by atoms with Crippen molar-refractivity contribution in [2.24, 2.45) is 0 Å². The standard InChI is InChI=1S/C14H23N3O3S/c18-13(15-11-1-2-11)10-16-3-6-20-12(9-16)14(19)17-4-7-21-8-5-17/h11-12H,1-10H2,(H,15,18). The average Bonchev–Trinajstić information content (AvgIpc) is 3.31. The molecule has 2 amide bonds. The molecule has 3 fully saturated rings. The van der Waals surface area contributed by atoms with Gasteiger partial charge >= 0.3 is 0 Å². The molecule has 0 bridgehead atoms. The number of nitrogens with zero attached hydrogens (tertiary/aromatic N) is 2. The lowest BCUT2D eigenvalue weighted by atomic mass is 10.2. The molecule has 0 aromatic rings. The van der Waals surface area contributed by atoms with Crippen LogP contribution in [0.5, 0.6) is 0 Å². The van der Waals surface area contributed by atoms with E-state index in [1.807, 2.05) is 21.6 Å². The van der Waals surface area contributed by atoms with Crippen molar-refractivity contribution >= 4 is 23.6 Å². The molecule has 2 saturated heterocycles. The highest BCUT2D eigenvalue weighted by molar-refractivity contribution is 7.99. The Morgan fingerprint density at radius 2 is 1.95 bits per heavy atom. The predicted molar refractivity (Wildman–Crippen MR) is 81.2 cm³/mol. The van der Waals surface area contributed by atoms with Crippen molar-refractivity contribution in [3.05, 3.63) is 0 Å². The molecular formula is C14H23N3O3S. The van der Waals surface area contributed by atoms with Gasteiger partial charge in [-0.25, -0.2) is 0 Å². The molecule has 2 aliphatic heterocycles. The van der Waals surface area contributed by atoms with Gasteiger partial charge in [0, 0.05) is 43.7 Å². The molecule has 7 heteroatoms. The second-order valence-electron chi connectivity index (χ2n) is 5.87. The summed E-state index contributed by atoms with van der Waals surface area (Å²) in [5.41, 5.74) is 0. The number of hydrogen-bond donors (Lipinski definition) is 1. The normalized spacial score (nSPS) is 27.4. The lowest BCUT2D eigenvalue weighted by molar-refractivity contribution is -0.150. The van der Waals surface area contributed by atoms with Gasteiger partial charge in [0.2, 0.25) is 5.91 Å². The number of hydrogen-bond acceptors (Lipinski definition) is 5. The zero-order valence-corrected chi connectivity index (χ0v) is 13.1. The van der Waals surface area contributed by atoms with Crippen LogP contribution in [0.1, 0.15) is 12.8 Å². The molecule has 1 unspecified atom stereocenters. The fourth-order valence-corrected chi connectivity index (χ4v) is 3.59. The first-order valence-corrected chi connectivity index (χ1v) is 8.88. The Hall–Kier alpha value is -0.790. The number of thioether (sulfide) groups is 1. The summed E-state index contributed by atoms with van der Waals surface area (Å²) < 4.78 is 5.63. The Labute approximate surface area is 129 Å². The minimum atomic E-state index is -0.407. The Morgan fingerprint density at radius 3 is 2.67 bits per heavy atom. The van der Waals surface area contributed by atoms with E-state index in [9.17, 15) is 9.59 Å². The molecule has 1 N–H and O–H groups in total. The lowest BCUT2D eigenvalue weighted by Gasteiger charge is -2.35. The van der Waals surface area contributed by atoms with E-state index in [0.29, 0.717) is 25.7 Å². The maximum absolute atomic E-state index is 12.4. The summed E-state index contributed by atoms with van der Waals surface area (Å²) in [6, 6.07) is 0.391. The highest BCUT2D eigenvalue weighted by atomic mass is 32.2. The van der Waals surface area contributed by atoms with Crippen molar-refractivity contribution in [1.29, 1.82) is 0 Å². The van der Waals surface area contributed by atoms with Crippen LogP contribution in [0, 0.1) is 0 Å². The molecule has 21 heavy (non-hydrogen) atoms. The summed E-state index contributed by atoms with van der Waals surface area (Å²) in [6.45, 7) is 3.77. The molecular weight excluding hydrogens is 290 g/mol. The molecule has 0 aromatic carbocycles. The number of morpholine rings is 1. The molecule has 0 radical (unpaired) electrons. The smallest absolute Gasteiger partial charge is 0.253 e. The van der Waals surface area contributed by atoms with Gasteiger partial charge in [-0.1, -0.05) is 0 Å². The van der Waals surface area contributed by atoms with Gasteiger partial charge in [-0.2, -0.15) is 11.8 Å². The highest BCUT2D eigenvalue weighted by Crippen LogP contribution is 2.18. The monoisotopic (exact) mass is 313 g/mol. The number of nitrogens with one attached hydrogen (secondary N) is 1. The molecule has 1 atom stereocenters. The minimum Gasteiger partial charge on any atom is -0.366 e. The Kier molecular flexibility index (Phi) is 5.03. The van der Waals surface area contributed by atoms with Crippen LogP contribution >= 0.6 is 11.8 Å². The first kappa shape index (κ1) is 15.1. The highest BCUT2D eigenvalue weighted by Gasteiger charge is 2.32. The fourth-order valence-electron chi connectivity index (χ4n) is 2.69. The van der Waals surface area contributed by atoms with E-state index in [-0.39, 0.29) is 11.8 Å². The Bertz CT molecular complexity index is 397. The zero-order chi connectivity index (χ0) is 14.7. The van der Waals surface area contributed by atoms with Crippen LogP contribution in [0.3, 0.4) is 0 Å². The van der Waals surface area contributed by atoms with Gasteiger partial charge < -0.3 is 15.0 Å². The topological polar surface area (TPSA) is 61.9 Å². The van der Waals surface area contributed by atoms with E-state index in [1.165, 1.54) is 0 Å². The first-order valence-electron chi connectivity index (χ1n) is 7.72. The van der Waals surface area contributed by atoms with Crippen LogP contribution in [0.25, 0.3) is 0 Å². The fraction of sp³-hybridized carbons (Fsp3) is 0.857. The van der Waals surface area contributed by atoms with Gasteiger partial charge in [0.1, 0.15) is 6.10 Å². The van der Waals surface area contributed by atoms with Gasteiger partial charge in [-0.05, 0) is 12.8 Å². The van der Waals surface area contributed by atoms with Crippen molar-refractivity contribution in [1.82, 2.24) is 15.1 Å². The van der Waals surface area contributed by atoms with Gasteiger partial charge in [0.05, 0.1) is 13.2 Å². The number of amides is 2. The van der Waals surface area contributed by atoms with Gasteiger partial charge in [-0.15, -0.1) is 0 Å². The SMILES string of the molecule is O=C(CN1CCOC(C(=O)N2CCSCC2)C1)NC1CC1. The molecule has 0 aromatic heterocycles. The second kappa shape index (κ2) is 6.98. The maximum atomic E-state index is 12.4. The summed E-state index contributed by atoms with van der Waals surface area (Å²) in [4.78, 5) is 28.2. The van der Waals surface area contributed by atoms with Gasteiger partial charge in [-0.3, -0.25) is 14.5 Å². The minimum absolute atomic E-state index is 0.0694. The first-order chi connectivity index (χ1) is 10.2. The molecule has 3 rings (SSSR count). The van der Waals surface area contributed by atoms with Crippen LogP contribution < -0.4 is 5.32 Å². The molecule has 3 aliphatic rings. The Balaban J connectivity index is 1.47. The molecule has 6 nitrogen and oxygen atoms in total. The van der Waals surface area contributed by atoms with Gasteiger partial charge in [0.25, 0.3) is 5.91 Å². The van der Waals surface area contributed by atoms with E-state index in [0.717, 1.165) is 44.0 Å². The van der Waals surface area contributed by atoms with Crippen molar-refractivity contribution in [2.45, 2.75) is 25.0 Å². The van der Waals surface area contributed by atoms with Crippen molar-refractivity contribution in [3.8, 4) is 0 Å². The summed E-state index contributed by atoms with van der Waals surface area (Å²) in [5, 5.41) is 2.99. The Morgan fingerprint density at radius 1 is 1.19 bits per heavy atom. The third-order valence-electron chi connectivity index (χ3n) is 4.06.